The average molecular weight is 436 g/mol. The molecule has 0 saturated carbocycles. The second kappa shape index (κ2) is 7.01. The van der Waals surface area contributed by atoms with E-state index in [9.17, 15) is 0 Å². The SMILES string of the molecule is COc1ccc(C(N)c2ccc(Cl)cc2Br)c(OC)c1Br. The van der Waals surface area contributed by atoms with Gasteiger partial charge in [0, 0.05) is 15.1 Å². The Balaban J connectivity index is 2.52. The maximum absolute atomic E-state index is 6.39. The van der Waals surface area contributed by atoms with E-state index in [2.05, 4.69) is 31.9 Å². The molecule has 0 aliphatic heterocycles. The van der Waals surface area contributed by atoms with Gasteiger partial charge in [0.2, 0.25) is 0 Å². The first-order valence-corrected chi connectivity index (χ1v) is 8.07. The second-order valence-corrected chi connectivity index (χ2v) is 6.43. The van der Waals surface area contributed by atoms with Crippen LogP contribution in [0, 0.1) is 0 Å². The van der Waals surface area contributed by atoms with E-state index in [-0.39, 0.29) is 6.04 Å². The Bertz CT molecular complexity index is 664. The van der Waals surface area contributed by atoms with Crippen LogP contribution in [0.2, 0.25) is 5.02 Å². The van der Waals surface area contributed by atoms with Crippen molar-refractivity contribution in [1.82, 2.24) is 0 Å². The molecule has 112 valence electrons. The van der Waals surface area contributed by atoms with Gasteiger partial charge >= 0.3 is 0 Å². The molecule has 2 aromatic carbocycles. The third-order valence-electron chi connectivity index (χ3n) is 3.15. The molecule has 2 N–H and O–H groups in total. The van der Waals surface area contributed by atoms with E-state index in [1.807, 2.05) is 30.3 Å². The predicted molar refractivity (Wildman–Crippen MR) is 92.4 cm³/mol. The van der Waals surface area contributed by atoms with E-state index >= 15 is 0 Å². The van der Waals surface area contributed by atoms with Crippen molar-refractivity contribution in [2.45, 2.75) is 6.04 Å². The fourth-order valence-electron chi connectivity index (χ4n) is 2.08. The molecule has 0 spiro atoms. The number of nitrogens with two attached hydrogens (primary N) is 1. The molecule has 21 heavy (non-hydrogen) atoms. The molecule has 0 heterocycles. The lowest BCUT2D eigenvalue weighted by Crippen LogP contribution is -2.14. The Kier molecular flexibility index (Phi) is 5.54. The van der Waals surface area contributed by atoms with E-state index in [4.69, 9.17) is 26.8 Å². The molecule has 2 aromatic rings. The van der Waals surface area contributed by atoms with E-state index < -0.39 is 0 Å². The van der Waals surface area contributed by atoms with Gasteiger partial charge in [0.15, 0.2) is 0 Å². The van der Waals surface area contributed by atoms with Gasteiger partial charge in [-0.05, 0) is 45.8 Å². The van der Waals surface area contributed by atoms with Gasteiger partial charge in [-0.2, -0.15) is 0 Å². The highest BCUT2D eigenvalue weighted by molar-refractivity contribution is 9.11. The molecule has 0 saturated heterocycles. The summed E-state index contributed by atoms with van der Waals surface area (Å²) in [7, 11) is 3.21. The highest BCUT2D eigenvalue weighted by Gasteiger charge is 2.20. The Morgan fingerprint density at radius 3 is 2.29 bits per heavy atom. The van der Waals surface area contributed by atoms with Crippen LogP contribution in [-0.4, -0.2) is 14.2 Å². The van der Waals surface area contributed by atoms with Gasteiger partial charge in [0.1, 0.15) is 16.0 Å². The van der Waals surface area contributed by atoms with Crippen LogP contribution >= 0.6 is 43.5 Å². The summed E-state index contributed by atoms with van der Waals surface area (Å²) in [4.78, 5) is 0. The first kappa shape index (κ1) is 16.6. The average Bonchev–Trinajstić information content (AvgIpc) is 2.46. The van der Waals surface area contributed by atoms with Gasteiger partial charge < -0.3 is 15.2 Å². The van der Waals surface area contributed by atoms with Crippen LogP contribution in [-0.2, 0) is 0 Å². The minimum Gasteiger partial charge on any atom is -0.495 e. The van der Waals surface area contributed by atoms with Crippen molar-refractivity contribution in [1.29, 1.82) is 0 Å². The maximum Gasteiger partial charge on any atom is 0.141 e. The van der Waals surface area contributed by atoms with E-state index in [0.29, 0.717) is 16.5 Å². The summed E-state index contributed by atoms with van der Waals surface area (Å²) in [6, 6.07) is 8.93. The molecule has 3 nitrogen and oxygen atoms in total. The van der Waals surface area contributed by atoms with Crippen LogP contribution in [0.25, 0.3) is 0 Å². The molecule has 1 atom stereocenters. The first-order valence-electron chi connectivity index (χ1n) is 6.10. The predicted octanol–water partition coefficient (Wildman–Crippen LogP) is 4.93. The van der Waals surface area contributed by atoms with Gasteiger partial charge in [-0.15, -0.1) is 0 Å². The van der Waals surface area contributed by atoms with Crippen molar-refractivity contribution in [2.75, 3.05) is 14.2 Å². The van der Waals surface area contributed by atoms with Gasteiger partial charge in [0.05, 0.1) is 20.3 Å². The molecule has 0 amide bonds. The van der Waals surface area contributed by atoms with E-state index in [1.165, 1.54) is 0 Å². The molecule has 0 radical (unpaired) electrons. The van der Waals surface area contributed by atoms with Crippen molar-refractivity contribution >= 4 is 43.5 Å². The summed E-state index contributed by atoms with van der Waals surface area (Å²) in [5.41, 5.74) is 8.17. The van der Waals surface area contributed by atoms with Gasteiger partial charge in [-0.3, -0.25) is 0 Å². The minimum absolute atomic E-state index is 0.353. The molecular formula is C15H14Br2ClNO2. The molecule has 0 aliphatic carbocycles. The van der Waals surface area contributed by atoms with Crippen molar-refractivity contribution in [3.63, 3.8) is 0 Å². The number of halogens is 3. The van der Waals surface area contributed by atoms with E-state index in [0.717, 1.165) is 20.1 Å². The Morgan fingerprint density at radius 1 is 1.05 bits per heavy atom. The first-order chi connectivity index (χ1) is 9.99. The van der Waals surface area contributed by atoms with Crippen LogP contribution < -0.4 is 15.2 Å². The zero-order valence-electron chi connectivity index (χ0n) is 11.5. The summed E-state index contributed by atoms with van der Waals surface area (Å²) in [5.74, 6) is 1.35. The van der Waals surface area contributed by atoms with Crippen LogP contribution in [0.15, 0.2) is 39.3 Å². The summed E-state index contributed by atoms with van der Waals surface area (Å²) in [6.07, 6.45) is 0. The third-order valence-corrected chi connectivity index (χ3v) is 4.82. The normalized spacial score (nSPS) is 12.1. The van der Waals surface area contributed by atoms with Gasteiger partial charge in [0.25, 0.3) is 0 Å². The van der Waals surface area contributed by atoms with Crippen LogP contribution in [0.4, 0.5) is 0 Å². The Labute approximate surface area is 145 Å². The van der Waals surface area contributed by atoms with Crippen LogP contribution in [0.5, 0.6) is 11.5 Å². The molecule has 0 aromatic heterocycles. The molecule has 1 unspecified atom stereocenters. The smallest absolute Gasteiger partial charge is 0.141 e. The summed E-state index contributed by atoms with van der Waals surface area (Å²) in [5, 5.41) is 0.653. The van der Waals surface area contributed by atoms with Crippen molar-refractivity contribution in [3.05, 3.63) is 55.4 Å². The number of hydrogen-bond acceptors (Lipinski definition) is 3. The lowest BCUT2D eigenvalue weighted by Gasteiger charge is -2.19. The number of ether oxygens (including phenoxy) is 2. The lowest BCUT2D eigenvalue weighted by atomic mass is 9.98. The van der Waals surface area contributed by atoms with E-state index in [1.54, 1.807) is 14.2 Å². The van der Waals surface area contributed by atoms with Crippen LogP contribution in [0.3, 0.4) is 0 Å². The number of hydrogen-bond donors (Lipinski definition) is 1. The highest BCUT2D eigenvalue weighted by Crippen LogP contribution is 2.41. The largest absolute Gasteiger partial charge is 0.495 e. The number of rotatable bonds is 4. The number of methoxy groups -OCH3 is 2. The van der Waals surface area contributed by atoms with Crippen molar-refractivity contribution in [3.8, 4) is 11.5 Å². The summed E-state index contributed by atoms with van der Waals surface area (Å²) < 4.78 is 12.3. The van der Waals surface area contributed by atoms with Gasteiger partial charge in [-0.25, -0.2) is 0 Å². The minimum atomic E-state index is -0.353. The van der Waals surface area contributed by atoms with Crippen molar-refractivity contribution < 1.29 is 9.47 Å². The quantitative estimate of drug-likeness (QED) is 0.741. The fourth-order valence-corrected chi connectivity index (χ4v) is 3.70. The Morgan fingerprint density at radius 2 is 1.71 bits per heavy atom. The number of benzene rings is 2. The maximum atomic E-state index is 6.39. The fraction of sp³-hybridized carbons (Fsp3) is 0.200. The molecular weight excluding hydrogens is 421 g/mol. The van der Waals surface area contributed by atoms with Gasteiger partial charge in [-0.1, -0.05) is 33.6 Å². The topological polar surface area (TPSA) is 44.5 Å². The zero-order chi connectivity index (χ0) is 15.6. The summed E-state index contributed by atoms with van der Waals surface area (Å²) >= 11 is 13.0. The third kappa shape index (κ3) is 3.37. The molecule has 2 rings (SSSR count). The zero-order valence-corrected chi connectivity index (χ0v) is 15.4. The second-order valence-electron chi connectivity index (χ2n) is 4.35. The highest BCUT2D eigenvalue weighted by atomic mass is 79.9. The van der Waals surface area contributed by atoms with Crippen molar-refractivity contribution in [2.24, 2.45) is 5.73 Å². The standard InChI is InChI=1S/C15H14Br2ClNO2/c1-20-12-6-5-10(15(21-2)13(12)17)14(19)9-4-3-8(18)7-11(9)16/h3-7,14H,19H2,1-2H3. The molecule has 0 fully saturated rings. The molecule has 0 aliphatic rings. The Hall–Kier alpha value is -0.750. The summed E-state index contributed by atoms with van der Waals surface area (Å²) in [6.45, 7) is 0. The molecule has 0 bridgehead atoms. The lowest BCUT2D eigenvalue weighted by molar-refractivity contribution is 0.385. The van der Waals surface area contributed by atoms with Crippen LogP contribution in [0.1, 0.15) is 17.2 Å². The monoisotopic (exact) mass is 433 g/mol. The molecule has 6 heteroatoms.